The minimum atomic E-state index is -1.08. The molecule has 5 saturated carbocycles. The Morgan fingerprint density at radius 1 is 0.941 bits per heavy atom. The Balaban J connectivity index is 1.41. The fourth-order valence-corrected chi connectivity index (χ4v) is 11.2. The first-order valence-corrected chi connectivity index (χ1v) is 14.4. The summed E-state index contributed by atoms with van der Waals surface area (Å²) in [7, 11) is 0. The average Bonchev–Trinajstić information content (AvgIpc) is 3.36. The summed E-state index contributed by atoms with van der Waals surface area (Å²) in [6.07, 6.45) is 11.8. The topological polar surface area (TPSA) is 60.4 Å². The summed E-state index contributed by atoms with van der Waals surface area (Å²) >= 11 is 0. The third kappa shape index (κ3) is 2.83. The minimum Gasteiger partial charge on any atom is -0.549 e. The number of aliphatic hydroxyl groups is 1. The Morgan fingerprint density at radius 2 is 1.59 bits per heavy atom. The molecule has 0 saturated heterocycles. The van der Waals surface area contributed by atoms with Crippen LogP contribution in [0.3, 0.4) is 0 Å². The van der Waals surface area contributed by atoms with Gasteiger partial charge in [0.05, 0.1) is 12.1 Å². The lowest BCUT2D eigenvalue weighted by molar-refractivity contribution is -0.332. The summed E-state index contributed by atoms with van der Waals surface area (Å²) in [5, 5.41) is 23.1. The fourth-order valence-electron chi connectivity index (χ4n) is 11.2. The van der Waals surface area contributed by atoms with E-state index in [0.29, 0.717) is 34.5 Å². The number of carboxylic acids is 1. The summed E-state index contributed by atoms with van der Waals surface area (Å²) in [5.74, 6) is 1.86. The summed E-state index contributed by atoms with van der Waals surface area (Å²) in [6.45, 7) is 18.4. The van der Waals surface area contributed by atoms with Crippen LogP contribution in [-0.2, 0) is 4.79 Å². The van der Waals surface area contributed by atoms with Crippen LogP contribution >= 0.6 is 0 Å². The van der Waals surface area contributed by atoms with E-state index in [9.17, 15) is 15.0 Å². The highest BCUT2D eigenvalue weighted by molar-refractivity contribution is 5.74. The maximum Gasteiger partial charge on any atom is 0.0649 e. The maximum atomic E-state index is 12.3. The van der Waals surface area contributed by atoms with Crippen LogP contribution in [0.5, 0.6) is 0 Å². The van der Waals surface area contributed by atoms with Gasteiger partial charge in [-0.15, -0.1) is 0 Å². The molecule has 0 radical (unpaired) electrons. The van der Waals surface area contributed by atoms with Gasteiger partial charge < -0.3 is 15.0 Å². The molecule has 0 aliphatic heterocycles. The molecule has 0 aromatic rings. The van der Waals surface area contributed by atoms with Crippen LogP contribution in [-0.4, -0.2) is 17.2 Å². The Bertz CT molecular complexity index is 878. The second kappa shape index (κ2) is 7.59. The number of hydrogen-bond donors (Lipinski definition) is 1. The molecule has 0 heterocycles. The van der Waals surface area contributed by atoms with Gasteiger partial charge in [0, 0.05) is 5.41 Å². The lowest BCUT2D eigenvalue weighted by Gasteiger charge is -2.63. The molecule has 192 valence electrons. The van der Waals surface area contributed by atoms with Crippen molar-refractivity contribution in [1.29, 1.82) is 0 Å². The predicted molar refractivity (Wildman–Crippen MR) is 135 cm³/mol. The Morgan fingerprint density at radius 3 is 2.24 bits per heavy atom. The summed E-state index contributed by atoms with van der Waals surface area (Å²) < 4.78 is 0. The SMILES string of the molecule is C=C(CC[C@@H](C)C1CC[C@@]2(C)C3CCC4C5(CC[C@H](O)[C@@]4(C)C(=O)[O-])CC35CC[C@]12C)C(C)C. The van der Waals surface area contributed by atoms with Crippen molar-refractivity contribution in [2.45, 2.75) is 118 Å². The molecule has 5 unspecified atom stereocenters. The number of carboxylic acid groups (broad SMARTS) is 1. The highest BCUT2D eigenvalue weighted by atomic mass is 16.4. The predicted octanol–water partition coefficient (Wildman–Crippen LogP) is 6.14. The maximum absolute atomic E-state index is 12.3. The van der Waals surface area contributed by atoms with Crippen LogP contribution in [0.2, 0.25) is 0 Å². The molecule has 0 aromatic heterocycles. The van der Waals surface area contributed by atoms with Gasteiger partial charge in [-0.1, -0.05) is 53.7 Å². The molecular weight excluding hydrogens is 420 g/mol. The average molecular weight is 470 g/mol. The van der Waals surface area contributed by atoms with Crippen molar-refractivity contribution in [3.8, 4) is 0 Å². The van der Waals surface area contributed by atoms with E-state index >= 15 is 0 Å². The molecule has 0 amide bonds. The third-order valence-corrected chi connectivity index (χ3v) is 13.7. The Kier molecular flexibility index (Phi) is 5.55. The number of hydrogen-bond acceptors (Lipinski definition) is 3. The van der Waals surface area contributed by atoms with Gasteiger partial charge in [0.15, 0.2) is 0 Å². The molecule has 10 atom stereocenters. The molecule has 0 bridgehead atoms. The minimum absolute atomic E-state index is 0.0797. The van der Waals surface area contributed by atoms with Gasteiger partial charge >= 0.3 is 0 Å². The highest BCUT2D eigenvalue weighted by Crippen LogP contribution is 2.89. The lowest BCUT2D eigenvalue weighted by atomic mass is 9.41. The van der Waals surface area contributed by atoms with Crippen LogP contribution in [0.1, 0.15) is 112 Å². The molecule has 34 heavy (non-hydrogen) atoms. The van der Waals surface area contributed by atoms with E-state index in [1.54, 1.807) is 6.92 Å². The number of fused-ring (bicyclic) bond motifs is 2. The van der Waals surface area contributed by atoms with Gasteiger partial charge in [-0.05, 0) is 122 Å². The van der Waals surface area contributed by atoms with Crippen molar-refractivity contribution in [2.24, 2.45) is 56.7 Å². The van der Waals surface area contributed by atoms with E-state index in [2.05, 4.69) is 41.2 Å². The Hall–Kier alpha value is -0.830. The van der Waals surface area contributed by atoms with Crippen LogP contribution in [0.4, 0.5) is 0 Å². The van der Waals surface area contributed by atoms with Crippen molar-refractivity contribution in [1.82, 2.24) is 0 Å². The Labute approximate surface area is 208 Å². The summed E-state index contributed by atoms with van der Waals surface area (Å²) in [4.78, 5) is 12.3. The van der Waals surface area contributed by atoms with Gasteiger partial charge in [-0.3, -0.25) is 0 Å². The molecule has 5 fully saturated rings. The van der Waals surface area contributed by atoms with E-state index in [1.165, 1.54) is 44.1 Å². The van der Waals surface area contributed by atoms with Gasteiger partial charge in [0.25, 0.3) is 0 Å². The van der Waals surface area contributed by atoms with Crippen LogP contribution in [0, 0.1) is 56.7 Å². The van der Waals surface area contributed by atoms with Crippen LogP contribution < -0.4 is 5.11 Å². The number of carbonyl (C=O) groups is 1. The smallest absolute Gasteiger partial charge is 0.0649 e. The number of aliphatic carboxylic acids is 1. The van der Waals surface area contributed by atoms with E-state index in [1.807, 2.05) is 0 Å². The molecule has 3 heteroatoms. The van der Waals surface area contributed by atoms with Crippen LogP contribution in [0.25, 0.3) is 0 Å². The molecule has 2 spiro atoms. The molecule has 1 N–H and O–H groups in total. The van der Waals surface area contributed by atoms with Gasteiger partial charge in [-0.2, -0.15) is 0 Å². The number of allylic oxidation sites excluding steroid dienone is 1. The van der Waals surface area contributed by atoms with E-state index < -0.39 is 17.5 Å². The zero-order valence-corrected chi connectivity index (χ0v) is 22.7. The lowest BCUT2D eigenvalue weighted by Crippen LogP contribution is -2.62. The number of aliphatic hydroxyl groups excluding tert-OH is 1. The van der Waals surface area contributed by atoms with Crippen molar-refractivity contribution >= 4 is 5.97 Å². The second-order valence-corrected chi connectivity index (χ2v) is 14.6. The number of rotatable bonds is 6. The molecule has 0 aromatic carbocycles. The molecule has 5 aliphatic rings. The van der Waals surface area contributed by atoms with Crippen molar-refractivity contribution in [3.05, 3.63) is 12.2 Å². The monoisotopic (exact) mass is 469 g/mol. The first kappa shape index (κ1) is 24.8. The van der Waals surface area contributed by atoms with Gasteiger partial charge in [0.1, 0.15) is 0 Å². The fraction of sp³-hybridized carbons (Fsp3) is 0.903. The first-order valence-electron chi connectivity index (χ1n) is 14.4. The standard InChI is InChI=1S/C31H50O3/c1-19(2)20(3)8-9-21(4)22-12-14-28(6)23-10-11-24-29(7,26(33)34)25(32)13-15-30(24)18-31(23,30)17-16-27(22,28)5/h19,21-25,32H,3,8-18H2,1-2,4-7H3,(H,33,34)/p-1/t21-,22?,23?,24?,25+,27-,28+,29+,30?,31?/m1/s1. The van der Waals surface area contributed by atoms with E-state index in [4.69, 9.17) is 0 Å². The summed E-state index contributed by atoms with van der Waals surface area (Å²) in [5.41, 5.74) is 1.48. The van der Waals surface area contributed by atoms with E-state index in [0.717, 1.165) is 37.5 Å². The largest absolute Gasteiger partial charge is 0.549 e. The first-order chi connectivity index (χ1) is 15.8. The van der Waals surface area contributed by atoms with Crippen molar-refractivity contribution in [3.63, 3.8) is 0 Å². The van der Waals surface area contributed by atoms with E-state index in [-0.39, 0.29) is 11.3 Å². The summed E-state index contributed by atoms with van der Waals surface area (Å²) in [6, 6.07) is 0. The quantitative estimate of drug-likeness (QED) is 0.475. The molecule has 3 nitrogen and oxygen atoms in total. The number of carbonyl (C=O) groups excluding carboxylic acids is 1. The normalized spacial score (nSPS) is 52.2. The molecule has 5 aliphatic carbocycles. The van der Waals surface area contributed by atoms with Crippen molar-refractivity contribution < 1.29 is 15.0 Å². The highest BCUT2D eigenvalue weighted by Gasteiger charge is 2.82. The van der Waals surface area contributed by atoms with Gasteiger partial charge in [0.2, 0.25) is 0 Å². The van der Waals surface area contributed by atoms with Gasteiger partial charge in [-0.25, -0.2) is 0 Å². The molecule has 5 rings (SSSR count). The molecular formula is C31H49O3-. The zero-order valence-electron chi connectivity index (χ0n) is 22.7. The zero-order chi connectivity index (χ0) is 24.9. The third-order valence-electron chi connectivity index (χ3n) is 13.7. The van der Waals surface area contributed by atoms with Crippen molar-refractivity contribution in [2.75, 3.05) is 0 Å². The van der Waals surface area contributed by atoms with Crippen LogP contribution in [0.15, 0.2) is 12.2 Å². The second-order valence-electron chi connectivity index (χ2n) is 14.6.